The molecule has 26 heavy (non-hydrogen) atoms. The van der Waals surface area contributed by atoms with Crippen LogP contribution in [0.4, 0.5) is 0 Å². The van der Waals surface area contributed by atoms with E-state index in [0.29, 0.717) is 17.6 Å². The summed E-state index contributed by atoms with van der Waals surface area (Å²) >= 11 is 0. The van der Waals surface area contributed by atoms with Crippen LogP contribution in [0.1, 0.15) is 29.6 Å². The van der Waals surface area contributed by atoms with E-state index >= 15 is 0 Å². The van der Waals surface area contributed by atoms with Gasteiger partial charge in [0.2, 0.25) is 5.91 Å². The molecule has 0 saturated carbocycles. The maximum absolute atomic E-state index is 12.4. The van der Waals surface area contributed by atoms with Crippen LogP contribution in [0.25, 0.3) is 11.0 Å². The number of benzene rings is 1. The number of hydrogen-bond donors (Lipinski definition) is 2. The van der Waals surface area contributed by atoms with Crippen LogP contribution in [-0.2, 0) is 4.79 Å². The number of rotatable bonds is 4. The Bertz CT molecular complexity index is 818. The fourth-order valence-corrected chi connectivity index (χ4v) is 3.75. The van der Waals surface area contributed by atoms with Gasteiger partial charge in [-0.2, -0.15) is 0 Å². The quantitative estimate of drug-likeness (QED) is 0.855. The van der Waals surface area contributed by atoms with Crippen molar-refractivity contribution < 1.29 is 9.59 Å². The molecule has 0 aliphatic carbocycles. The standard InChI is InChI=1S/C19H23N5O2/c25-18(14-3-4-15-16(10-14)21-6-5-20-15)23-12-13-9-17(22-11-13)19(26)24-7-1-2-8-24/h3-6,10,13,17,22H,1-2,7-9,11-12H2,(H,23,25)/t13-,17-/m0/s1. The number of likely N-dealkylation sites (tertiary alicyclic amines) is 1. The second kappa shape index (κ2) is 7.37. The van der Waals surface area contributed by atoms with Gasteiger partial charge in [0.1, 0.15) is 0 Å². The molecule has 2 N–H and O–H groups in total. The van der Waals surface area contributed by atoms with Crippen LogP contribution in [0.3, 0.4) is 0 Å². The van der Waals surface area contributed by atoms with Crippen molar-refractivity contribution in [2.24, 2.45) is 5.92 Å². The average molecular weight is 353 g/mol. The molecule has 2 aliphatic heterocycles. The smallest absolute Gasteiger partial charge is 0.251 e. The van der Waals surface area contributed by atoms with Gasteiger partial charge >= 0.3 is 0 Å². The first-order valence-electron chi connectivity index (χ1n) is 9.22. The molecule has 136 valence electrons. The molecule has 2 saturated heterocycles. The molecule has 1 aromatic heterocycles. The zero-order valence-electron chi connectivity index (χ0n) is 14.6. The van der Waals surface area contributed by atoms with Crippen LogP contribution >= 0.6 is 0 Å². The molecule has 0 radical (unpaired) electrons. The van der Waals surface area contributed by atoms with E-state index in [2.05, 4.69) is 20.6 Å². The topological polar surface area (TPSA) is 87.2 Å². The predicted octanol–water partition coefficient (Wildman–Crippen LogP) is 0.960. The van der Waals surface area contributed by atoms with Crippen LogP contribution in [0.15, 0.2) is 30.6 Å². The molecule has 2 amide bonds. The normalized spacial score (nSPS) is 22.7. The summed E-state index contributed by atoms with van der Waals surface area (Å²) in [6.45, 7) is 3.08. The van der Waals surface area contributed by atoms with Gasteiger partial charge < -0.3 is 15.5 Å². The highest BCUT2D eigenvalue weighted by Gasteiger charge is 2.33. The summed E-state index contributed by atoms with van der Waals surface area (Å²) in [6.07, 6.45) is 6.24. The van der Waals surface area contributed by atoms with Gasteiger partial charge in [-0.3, -0.25) is 19.6 Å². The summed E-state index contributed by atoms with van der Waals surface area (Å²) in [5.74, 6) is 0.368. The van der Waals surface area contributed by atoms with E-state index < -0.39 is 0 Å². The minimum atomic E-state index is -0.119. The van der Waals surface area contributed by atoms with E-state index in [1.54, 1.807) is 30.6 Å². The van der Waals surface area contributed by atoms with Crippen molar-refractivity contribution in [3.63, 3.8) is 0 Å². The Morgan fingerprint density at radius 3 is 2.73 bits per heavy atom. The Balaban J connectivity index is 1.31. The molecule has 2 atom stereocenters. The molecule has 2 aromatic rings. The largest absolute Gasteiger partial charge is 0.352 e. The highest BCUT2D eigenvalue weighted by atomic mass is 16.2. The second-order valence-electron chi connectivity index (χ2n) is 7.06. The number of fused-ring (bicyclic) bond motifs is 1. The molecule has 2 fully saturated rings. The van der Waals surface area contributed by atoms with Gasteiger partial charge in [0.25, 0.3) is 5.91 Å². The van der Waals surface area contributed by atoms with Crippen molar-refractivity contribution >= 4 is 22.8 Å². The van der Waals surface area contributed by atoms with Crippen molar-refractivity contribution in [3.8, 4) is 0 Å². The molecule has 0 bridgehead atoms. The number of carbonyl (C=O) groups is 2. The molecule has 2 aliphatic rings. The van der Waals surface area contributed by atoms with Gasteiger partial charge in [0.15, 0.2) is 0 Å². The van der Waals surface area contributed by atoms with Gasteiger partial charge in [-0.15, -0.1) is 0 Å². The lowest BCUT2D eigenvalue weighted by Gasteiger charge is -2.20. The Morgan fingerprint density at radius 1 is 1.15 bits per heavy atom. The minimum absolute atomic E-state index is 0.106. The lowest BCUT2D eigenvalue weighted by Crippen LogP contribution is -2.42. The Kier molecular flexibility index (Phi) is 4.79. The zero-order valence-corrected chi connectivity index (χ0v) is 14.6. The van der Waals surface area contributed by atoms with Crippen LogP contribution in [-0.4, -0.2) is 58.9 Å². The van der Waals surface area contributed by atoms with Crippen molar-refractivity contribution in [2.45, 2.75) is 25.3 Å². The fourth-order valence-electron chi connectivity index (χ4n) is 3.75. The first-order valence-corrected chi connectivity index (χ1v) is 9.22. The highest BCUT2D eigenvalue weighted by Crippen LogP contribution is 2.18. The number of carbonyl (C=O) groups excluding carboxylic acids is 2. The average Bonchev–Trinajstić information content (AvgIpc) is 3.37. The molecule has 0 spiro atoms. The fraction of sp³-hybridized carbons (Fsp3) is 0.474. The van der Waals surface area contributed by atoms with Crippen molar-refractivity contribution in [3.05, 3.63) is 36.2 Å². The van der Waals surface area contributed by atoms with Crippen LogP contribution in [0.2, 0.25) is 0 Å². The van der Waals surface area contributed by atoms with Gasteiger partial charge in [-0.05, 0) is 43.4 Å². The van der Waals surface area contributed by atoms with Gasteiger partial charge in [-0.1, -0.05) is 0 Å². The highest BCUT2D eigenvalue weighted by molar-refractivity contribution is 5.97. The predicted molar refractivity (Wildman–Crippen MR) is 97.6 cm³/mol. The summed E-state index contributed by atoms with van der Waals surface area (Å²) in [7, 11) is 0. The minimum Gasteiger partial charge on any atom is -0.352 e. The number of nitrogens with zero attached hydrogens (tertiary/aromatic N) is 3. The lowest BCUT2D eigenvalue weighted by molar-refractivity contribution is -0.132. The molecule has 1 aromatic carbocycles. The summed E-state index contributed by atoms with van der Waals surface area (Å²) < 4.78 is 0. The Hall–Kier alpha value is -2.54. The molecule has 7 nitrogen and oxygen atoms in total. The van der Waals surface area contributed by atoms with E-state index in [1.165, 1.54) is 0 Å². The summed E-state index contributed by atoms with van der Waals surface area (Å²) in [5.41, 5.74) is 2.06. The number of hydrogen-bond acceptors (Lipinski definition) is 5. The first-order chi connectivity index (χ1) is 12.7. The van der Waals surface area contributed by atoms with Crippen molar-refractivity contribution in [1.29, 1.82) is 0 Å². The number of nitrogens with one attached hydrogen (secondary N) is 2. The second-order valence-corrected chi connectivity index (χ2v) is 7.06. The maximum Gasteiger partial charge on any atom is 0.251 e. The van der Waals surface area contributed by atoms with E-state index in [-0.39, 0.29) is 23.8 Å². The van der Waals surface area contributed by atoms with Gasteiger partial charge in [-0.25, -0.2) is 0 Å². The summed E-state index contributed by atoms with van der Waals surface area (Å²) in [5, 5.41) is 6.29. The third-order valence-electron chi connectivity index (χ3n) is 5.22. The van der Waals surface area contributed by atoms with Crippen molar-refractivity contribution in [2.75, 3.05) is 26.2 Å². The van der Waals surface area contributed by atoms with Crippen LogP contribution < -0.4 is 10.6 Å². The lowest BCUT2D eigenvalue weighted by atomic mass is 10.0. The Labute approximate surface area is 152 Å². The molecule has 3 heterocycles. The summed E-state index contributed by atoms with van der Waals surface area (Å²) in [6, 6.07) is 5.22. The van der Waals surface area contributed by atoms with Gasteiger partial charge in [0.05, 0.1) is 17.1 Å². The number of amides is 2. The third-order valence-corrected chi connectivity index (χ3v) is 5.22. The molecule has 0 unspecified atom stereocenters. The van der Waals surface area contributed by atoms with E-state index in [0.717, 1.165) is 44.4 Å². The van der Waals surface area contributed by atoms with Gasteiger partial charge in [0, 0.05) is 44.1 Å². The Morgan fingerprint density at radius 2 is 1.92 bits per heavy atom. The van der Waals surface area contributed by atoms with Crippen molar-refractivity contribution in [1.82, 2.24) is 25.5 Å². The third kappa shape index (κ3) is 3.53. The SMILES string of the molecule is O=C(NC[C@@H]1CN[C@H](C(=O)N2CCCC2)C1)c1ccc2nccnc2c1. The molecular weight excluding hydrogens is 330 g/mol. The first kappa shape index (κ1) is 16.9. The molecule has 4 rings (SSSR count). The molecule has 7 heteroatoms. The van der Waals surface area contributed by atoms with E-state index in [1.807, 2.05) is 4.90 Å². The summed E-state index contributed by atoms with van der Waals surface area (Å²) in [4.78, 5) is 35.3. The molecular formula is C19H23N5O2. The van der Waals surface area contributed by atoms with E-state index in [9.17, 15) is 9.59 Å². The van der Waals surface area contributed by atoms with Crippen LogP contribution in [0.5, 0.6) is 0 Å². The zero-order chi connectivity index (χ0) is 17.9. The van der Waals surface area contributed by atoms with Crippen LogP contribution in [0, 0.1) is 5.92 Å². The number of aromatic nitrogens is 2. The van der Waals surface area contributed by atoms with E-state index in [4.69, 9.17) is 0 Å². The monoisotopic (exact) mass is 353 g/mol. The maximum atomic E-state index is 12.4.